The zero-order valence-corrected chi connectivity index (χ0v) is 65.9. The quantitative estimate of drug-likeness (QED) is 0.0331. The van der Waals surface area contributed by atoms with Crippen molar-refractivity contribution in [3.05, 3.63) is 236 Å². The van der Waals surface area contributed by atoms with E-state index in [1.165, 1.54) is 30.3 Å². The van der Waals surface area contributed by atoms with E-state index in [1.807, 2.05) is 81.0 Å². The molecule has 0 aliphatic carbocycles. The number of carboxylic acid groups (broad SMARTS) is 4. The van der Waals surface area contributed by atoms with Gasteiger partial charge in [0.15, 0.2) is 11.6 Å². The van der Waals surface area contributed by atoms with Gasteiger partial charge in [0.1, 0.15) is 34.3 Å². The van der Waals surface area contributed by atoms with Gasteiger partial charge in [-0.25, -0.2) is 26.3 Å². The van der Waals surface area contributed by atoms with Crippen LogP contribution in [-0.2, 0) is 44.9 Å². The number of rotatable bonds is 20. The Labute approximate surface area is 656 Å². The molecule has 0 saturated heterocycles. The van der Waals surface area contributed by atoms with Crippen molar-refractivity contribution >= 4 is 111 Å². The molecule has 0 atom stereocenters. The summed E-state index contributed by atoms with van der Waals surface area (Å²) in [5, 5.41) is 70.9. The molecule has 0 amide bonds. The highest BCUT2D eigenvalue weighted by Gasteiger charge is 2.31. The number of aliphatic carboxylic acids is 4. The number of nitrogens with zero attached hydrogens (tertiary/aromatic N) is 8. The highest BCUT2D eigenvalue weighted by Crippen LogP contribution is 2.44. The molecule has 8 heterocycles. The molecular formula is C89H88F6N12O8. The van der Waals surface area contributed by atoms with Crippen LogP contribution in [-0.4, -0.2) is 103 Å². The highest BCUT2D eigenvalue weighted by atomic mass is 19.1. The molecule has 8 N–H and O–H groups in total. The van der Waals surface area contributed by atoms with Crippen molar-refractivity contribution in [3.8, 4) is 22.7 Å². The van der Waals surface area contributed by atoms with Crippen LogP contribution in [0.1, 0.15) is 178 Å². The molecule has 16 aromatic rings. The van der Waals surface area contributed by atoms with E-state index in [1.54, 1.807) is 75.8 Å². The number of carbonyl (C=O) groups is 4. The first-order valence-corrected chi connectivity index (χ1v) is 38.1. The molecule has 0 radical (unpaired) electrons. The summed E-state index contributed by atoms with van der Waals surface area (Å²) in [6.07, 6.45) is 6.05. The van der Waals surface area contributed by atoms with Crippen LogP contribution in [0.2, 0.25) is 0 Å². The van der Waals surface area contributed by atoms with Gasteiger partial charge >= 0.3 is 23.9 Å². The molecule has 0 aliphatic heterocycles. The first-order valence-electron chi connectivity index (χ1n) is 38.1. The third-order valence-electron chi connectivity index (χ3n) is 21.4. The number of aromatic nitrogens is 12. The first kappa shape index (κ1) is 80.3. The van der Waals surface area contributed by atoms with Gasteiger partial charge in [-0.3, -0.25) is 39.6 Å². The lowest BCUT2D eigenvalue weighted by Crippen LogP contribution is -2.06. The topological polar surface area (TPSA) is 284 Å². The van der Waals surface area contributed by atoms with E-state index in [9.17, 15) is 57.2 Å². The third-order valence-corrected chi connectivity index (χ3v) is 21.4. The van der Waals surface area contributed by atoms with Crippen molar-refractivity contribution in [1.82, 2.24) is 59.1 Å². The molecule has 20 nitrogen and oxygen atoms in total. The van der Waals surface area contributed by atoms with Crippen molar-refractivity contribution < 1.29 is 65.9 Å². The summed E-state index contributed by atoms with van der Waals surface area (Å²) in [6, 6.07) is 30.9. The Bertz CT molecular complexity index is 6310. The number of aryl methyl sites for hydroxylation is 9. The lowest BCUT2D eigenvalue weighted by molar-refractivity contribution is -0.138. The molecule has 594 valence electrons. The number of carboxylic acids is 4. The van der Waals surface area contributed by atoms with Crippen molar-refractivity contribution in [2.45, 2.75) is 165 Å². The van der Waals surface area contributed by atoms with Gasteiger partial charge in [0.25, 0.3) is 0 Å². The van der Waals surface area contributed by atoms with Crippen LogP contribution in [0.3, 0.4) is 0 Å². The second-order valence-electron chi connectivity index (χ2n) is 30.6. The lowest BCUT2D eigenvalue weighted by Gasteiger charge is -2.16. The summed E-state index contributed by atoms with van der Waals surface area (Å²) < 4.78 is 94.3. The Hall–Kier alpha value is -12.7. The monoisotopic (exact) mass is 1570 g/mol. The molecule has 8 aromatic carbocycles. The summed E-state index contributed by atoms with van der Waals surface area (Å²) in [4.78, 5) is 45.1. The second-order valence-corrected chi connectivity index (χ2v) is 30.6. The predicted octanol–water partition coefficient (Wildman–Crippen LogP) is 21.0. The molecule has 16 rings (SSSR count). The number of benzene rings is 8. The van der Waals surface area contributed by atoms with Crippen LogP contribution in [0.4, 0.5) is 26.3 Å². The minimum atomic E-state index is -0.944. The smallest absolute Gasteiger partial charge is 0.303 e. The van der Waals surface area contributed by atoms with Crippen LogP contribution in [0.5, 0.6) is 0 Å². The molecule has 26 heteroatoms. The van der Waals surface area contributed by atoms with E-state index in [2.05, 4.69) is 89.8 Å². The number of nitrogens with one attached hydrogen (secondary N) is 4. The zero-order valence-electron chi connectivity index (χ0n) is 65.9. The summed E-state index contributed by atoms with van der Waals surface area (Å²) in [5.74, 6) is -5.28. The fraction of sp³-hybridized carbons (Fsp3) is 0.281. The molecular weight excluding hydrogens is 1480 g/mol. The minimum absolute atomic E-state index is 0.00267. The fourth-order valence-electron chi connectivity index (χ4n) is 16.4. The third kappa shape index (κ3) is 15.3. The Morgan fingerprint density at radius 1 is 0.374 bits per heavy atom. The standard InChI is InChI=1S/2C23H24FN3O2.C22H21F2N3O2.C21H19F2N3O2/c1-12(2)23-17(6-8-20(28)29)21-14(4)22-15(11-25-26-22)10-19(21)27(23)16-5-7-18(24)13(3)9-16;1-12(2)23-16(6-8-22(28)29)18-10-20-17(14(4)25-26-20)11-21(18)27(23)15-5-7-19(24)13(3)9-15;1-11(2)22-15(5-7-18(28)29)19-17(9-13-10-25-26-21(13)20(19)24)27(22)14-4-6-16(23)12(3)8-14;1-11(2)21-15(7-8-17(27)28)18-16(9-12-10-24-25-20(12)19(18)23)26(21)14-5-3-13(22)4-6-14/h2*5,7,9-12H,6,8H2,1-4H3,(H,25,26)(H,28,29);4,6,8-11H,5,7H2,1-3H3,(H,25,26)(H,28,29);3-6,9-11H,7-8H2,1-2H3,(H,24,25)(H,27,28). The van der Waals surface area contributed by atoms with Crippen LogP contribution in [0.25, 0.3) is 110 Å². The van der Waals surface area contributed by atoms with E-state index in [-0.39, 0.29) is 96.5 Å². The maximum Gasteiger partial charge on any atom is 0.303 e. The van der Waals surface area contributed by atoms with Crippen molar-refractivity contribution in [1.29, 1.82) is 0 Å². The molecule has 0 unspecified atom stereocenters. The van der Waals surface area contributed by atoms with E-state index in [0.717, 1.165) is 100 Å². The summed E-state index contributed by atoms with van der Waals surface area (Å²) in [6.45, 7) is 25.5. The van der Waals surface area contributed by atoms with Gasteiger partial charge in [-0.05, 0) is 238 Å². The Morgan fingerprint density at radius 2 is 0.704 bits per heavy atom. The van der Waals surface area contributed by atoms with Crippen molar-refractivity contribution in [2.24, 2.45) is 0 Å². The van der Waals surface area contributed by atoms with Gasteiger partial charge in [0.2, 0.25) is 0 Å². The molecule has 115 heavy (non-hydrogen) atoms. The average Bonchev–Trinajstić information content (AvgIpc) is 1.59. The second kappa shape index (κ2) is 32.4. The van der Waals surface area contributed by atoms with Gasteiger partial charge < -0.3 is 38.7 Å². The van der Waals surface area contributed by atoms with Crippen molar-refractivity contribution in [2.75, 3.05) is 0 Å². The van der Waals surface area contributed by atoms with E-state index < -0.39 is 35.5 Å². The zero-order chi connectivity index (χ0) is 82.6. The number of H-pyrrole nitrogens is 4. The Balaban J connectivity index is 0.000000134. The van der Waals surface area contributed by atoms with Crippen molar-refractivity contribution in [3.63, 3.8) is 0 Å². The number of fused-ring (bicyclic) bond motifs is 8. The van der Waals surface area contributed by atoms with E-state index in [4.69, 9.17) is 0 Å². The summed E-state index contributed by atoms with van der Waals surface area (Å²) in [7, 11) is 0. The normalized spacial score (nSPS) is 11.8. The molecule has 0 bridgehead atoms. The number of halogens is 6. The van der Waals surface area contributed by atoms with Crippen LogP contribution in [0.15, 0.2) is 128 Å². The summed E-state index contributed by atoms with van der Waals surface area (Å²) >= 11 is 0. The lowest BCUT2D eigenvalue weighted by atomic mass is 9.96. The maximum atomic E-state index is 15.5. The number of aromatic amines is 4. The Kier molecular flexibility index (Phi) is 22.6. The predicted molar refractivity (Wildman–Crippen MR) is 435 cm³/mol. The molecule has 0 aliphatic rings. The largest absolute Gasteiger partial charge is 0.481 e. The maximum absolute atomic E-state index is 15.5. The molecule has 0 spiro atoms. The molecule has 0 saturated carbocycles. The Morgan fingerprint density at radius 3 is 1.09 bits per heavy atom. The number of hydrogen-bond donors (Lipinski definition) is 8. The van der Waals surface area contributed by atoms with Crippen LogP contribution < -0.4 is 0 Å². The SMILES string of the molecule is CC(C)c1c(CCC(=O)O)c2c(F)c3[nH]ncc3cc2n1-c1ccc(F)cc1.Cc1cc(-n2c(C(C)C)c(CCC(=O)O)c3c(C)c4[nH]ncc4cc32)ccc1F.Cc1cc(-n2c(C(C)C)c(CCC(=O)O)c3c(F)c4[nH]ncc4cc32)ccc1F.Cc1cc(-n2c(C(C)C)c(CCC(=O)O)c3cc4n[nH]c(C)c4cc32)ccc1F. The van der Waals surface area contributed by atoms with E-state index >= 15 is 8.78 Å². The first-order chi connectivity index (χ1) is 54.7. The van der Waals surface area contributed by atoms with Gasteiger partial charge in [-0.15, -0.1) is 0 Å². The van der Waals surface area contributed by atoms with Crippen LogP contribution in [0, 0.1) is 69.5 Å². The fourth-order valence-corrected chi connectivity index (χ4v) is 16.4. The summed E-state index contributed by atoms with van der Waals surface area (Å²) in [5.41, 5.74) is 19.5. The molecule has 0 fully saturated rings. The van der Waals surface area contributed by atoms with E-state index in [0.29, 0.717) is 84.6 Å². The molecule has 8 aromatic heterocycles. The van der Waals surface area contributed by atoms with Crippen LogP contribution >= 0.6 is 0 Å². The minimum Gasteiger partial charge on any atom is -0.481 e. The van der Waals surface area contributed by atoms with Gasteiger partial charge in [0, 0.05) is 120 Å². The number of hydrogen-bond acceptors (Lipinski definition) is 8. The average molecular weight is 1570 g/mol. The van der Waals surface area contributed by atoms with Gasteiger partial charge in [-0.1, -0.05) is 55.4 Å². The van der Waals surface area contributed by atoms with Gasteiger partial charge in [-0.2, -0.15) is 20.4 Å². The highest BCUT2D eigenvalue weighted by molar-refractivity contribution is 6.04. The van der Waals surface area contributed by atoms with Gasteiger partial charge in [0.05, 0.1) is 51.7 Å².